The van der Waals surface area contributed by atoms with Gasteiger partial charge in [0, 0.05) is 13.1 Å². The average Bonchev–Trinajstić information content (AvgIpc) is 2.93. The molecule has 1 N–H and O–H groups in total. The van der Waals surface area contributed by atoms with Gasteiger partial charge in [-0.1, -0.05) is 53.5 Å². The van der Waals surface area contributed by atoms with Crippen LogP contribution in [0.2, 0.25) is 10.0 Å². The zero-order valence-electron chi connectivity index (χ0n) is 15.7. The fraction of sp³-hybridized carbons (Fsp3) is 0.286. The van der Waals surface area contributed by atoms with E-state index >= 15 is 0 Å². The van der Waals surface area contributed by atoms with Gasteiger partial charge in [-0.3, -0.25) is 14.5 Å². The van der Waals surface area contributed by atoms with E-state index in [1.165, 1.54) is 5.56 Å². The molecule has 29 heavy (non-hydrogen) atoms. The maximum atomic E-state index is 13.0. The molecule has 1 unspecified atom stereocenters. The molecule has 1 saturated heterocycles. The Morgan fingerprint density at radius 2 is 1.83 bits per heavy atom. The van der Waals surface area contributed by atoms with E-state index in [0.717, 1.165) is 16.9 Å². The molecule has 4 rings (SSSR count). The summed E-state index contributed by atoms with van der Waals surface area (Å²) in [6.45, 7) is 2.32. The van der Waals surface area contributed by atoms with Crippen LogP contribution in [0.15, 0.2) is 42.5 Å². The van der Waals surface area contributed by atoms with E-state index in [0.29, 0.717) is 23.7 Å². The van der Waals surface area contributed by atoms with Gasteiger partial charge in [0.15, 0.2) is 0 Å². The number of nitrogens with one attached hydrogen (secondary N) is 1. The summed E-state index contributed by atoms with van der Waals surface area (Å²) >= 11 is 12.0. The van der Waals surface area contributed by atoms with Crippen LogP contribution < -0.4 is 5.32 Å². The van der Waals surface area contributed by atoms with E-state index in [1.54, 1.807) is 30.0 Å². The molecule has 150 valence electrons. The van der Waals surface area contributed by atoms with E-state index in [-0.39, 0.29) is 17.5 Å². The maximum absolute atomic E-state index is 13.0. The minimum Gasteiger partial charge on any atom is -0.336 e. The van der Waals surface area contributed by atoms with Gasteiger partial charge in [0.2, 0.25) is 5.91 Å². The van der Waals surface area contributed by atoms with Crippen LogP contribution in [-0.4, -0.2) is 40.7 Å². The van der Waals surface area contributed by atoms with Gasteiger partial charge < -0.3 is 10.2 Å². The molecule has 2 aromatic carbocycles. The third-order valence-electron chi connectivity index (χ3n) is 5.55. The van der Waals surface area contributed by atoms with Crippen LogP contribution in [0.4, 0.5) is 4.79 Å². The molecule has 2 aliphatic rings. The van der Waals surface area contributed by atoms with Crippen molar-refractivity contribution in [1.29, 1.82) is 0 Å². The molecule has 6 nitrogen and oxygen atoms in total. The second-order valence-corrected chi connectivity index (χ2v) is 8.22. The van der Waals surface area contributed by atoms with Gasteiger partial charge in [-0.2, -0.15) is 0 Å². The molecular formula is C21H19Cl2N3O3. The summed E-state index contributed by atoms with van der Waals surface area (Å²) in [5, 5.41) is 3.32. The van der Waals surface area contributed by atoms with Crippen LogP contribution in [0.5, 0.6) is 0 Å². The van der Waals surface area contributed by atoms with E-state index in [1.807, 2.05) is 18.2 Å². The largest absolute Gasteiger partial charge is 0.336 e. The fourth-order valence-corrected chi connectivity index (χ4v) is 4.09. The third kappa shape index (κ3) is 3.47. The molecule has 0 spiro atoms. The summed E-state index contributed by atoms with van der Waals surface area (Å²) in [6, 6.07) is 12.1. The Labute approximate surface area is 178 Å². The second-order valence-electron chi connectivity index (χ2n) is 7.41. The number of hydrogen-bond acceptors (Lipinski definition) is 3. The Bertz CT molecular complexity index is 1030. The zero-order valence-corrected chi connectivity index (χ0v) is 17.3. The highest BCUT2D eigenvalue weighted by molar-refractivity contribution is 6.42. The molecule has 8 heteroatoms. The third-order valence-corrected chi connectivity index (χ3v) is 6.29. The SMILES string of the molecule is CC1(c2ccc(Cl)c(Cl)c2)NC(=O)N(CC(=O)N2CCc3ccccc3C2)C1=O. The normalized spacial score (nSPS) is 21.2. The Hall–Kier alpha value is -2.57. The molecular weight excluding hydrogens is 413 g/mol. The van der Waals surface area contributed by atoms with Crippen LogP contribution in [-0.2, 0) is 28.1 Å². The van der Waals surface area contributed by atoms with E-state index in [2.05, 4.69) is 11.4 Å². The van der Waals surface area contributed by atoms with Crippen LogP contribution >= 0.6 is 23.2 Å². The van der Waals surface area contributed by atoms with E-state index < -0.39 is 17.5 Å². The number of fused-ring (bicyclic) bond motifs is 1. The van der Waals surface area contributed by atoms with Crippen molar-refractivity contribution in [2.24, 2.45) is 0 Å². The van der Waals surface area contributed by atoms with Gasteiger partial charge >= 0.3 is 6.03 Å². The first-order valence-corrected chi connectivity index (χ1v) is 9.99. The van der Waals surface area contributed by atoms with Gasteiger partial charge in [0.05, 0.1) is 10.0 Å². The number of imide groups is 1. The number of rotatable bonds is 3. The highest BCUT2D eigenvalue weighted by Gasteiger charge is 2.50. The highest BCUT2D eigenvalue weighted by Crippen LogP contribution is 2.33. The van der Waals surface area contributed by atoms with E-state index in [9.17, 15) is 14.4 Å². The topological polar surface area (TPSA) is 69.7 Å². The first-order chi connectivity index (χ1) is 13.8. The molecule has 0 aliphatic carbocycles. The summed E-state index contributed by atoms with van der Waals surface area (Å²) in [5.41, 5.74) is 1.51. The number of hydrogen-bond donors (Lipinski definition) is 1. The number of carbonyl (C=O) groups is 3. The lowest BCUT2D eigenvalue weighted by Gasteiger charge is -2.30. The standard InChI is InChI=1S/C21H19Cl2N3O3/c1-21(15-6-7-16(22)17(23)10-15)19(28)26(20(29)24-21)12-18(27)25-9-8-13-4-2-3-5-14(13)11-25/h2-7,10H,8-9,11-12H2,1H3,(H,24,29). The summed E-state index contributed by atoms with van der Waals surface area (Å²) in [5.74, 6) is -0.756. The van der Waals surface area contributed by atoms with Crippen molar-refractivity contribution in [1.82, 2.24) is 15.1 Å². The molecule has 0 radical (unpaired) electrons. The Morgan fingerprint density at radius 3 is 2.55 bits per heavy atom. The zero-order chi connectivity index (χ0) is 20.8. The fourth-order valence-electron chi connectivity index (χ4n) is 3.79. The van der Waals surface area contributed by atoms with Crippen molar-refractivity contribution in [2.75, 3.05) is 13.1 Å². The van der Waals surface area contributed by atoms with Gasteiger partial charge in [-0.25, -0.2) is 4.79 Å². The Balaban J connectivity index is 1.51. The molecule has 0 bridgehead atoms. The number of nitrogens with zero attached hydrogens (tertiary/aromatic N) is 2. The van der Waals surface area contributed by atoms with Gasteiger partial charge in [-0.05, 0) is 42.2 Å². The first-order valence-electron chi connectivity index (χ1n) is 9.24. The van der Waals surface area contributed by atoms with E-state index in [4.69, 9.17) is 23.2 Å². The molecule has 2 aliphatic heterocycles. The number of urea groups is 1. The van der Waals surface area contributed by atoms with Crippen molar-refractivity contribution >= 4 is 41.0 Å². The van der Waals surface area contributed by atoms with Crippen molar-refractivity contribution in [3.63, 3.8) is 0 Å². The van der Waals surface area contributed by atoms with Gasteiger partial charge in [-0.15, -0.1) is 0 Å². The number of carbonyl (C=O) groups excluding carboxylic acids is 3. The van der Waals surface area contributed by atoms with Crippen LogP contribution in [0.1, 0.15) is 23.6 Å². The molecule has 2 heterocycles. The summed E-state index contributed by atoms with van der Waals surface area (Å²) in [7, 11) is 0. The monoisotopic (exact) mass is 431 g/mol. The summed E-state index contributed by atoms with van der Waals surface area (Å²) < 4.78 is 0. The van der Waals surface area contributed by atoms with Crippen molar-refractivity contribution < 1.29 is 14.4 Å². The number of benzene rings is 2. The lowest BCUT2D eigenvalue weighted by atomic mass is 9.92. The molecule has 0 aromatic heterocycles. The minimum absolute atomic E-state index is 0.263. The van der Waals surface area contributed by atoms with Crippen molar-refractivity contribution in [3.05, 3.63) is 69.2 Å². The number of halogens is 2. The predicted octanol–water partition coefficient (Wildman–Crippen LogP) is 3.35. The Kier molecular flexibility index (Phi) is 5.00. The smallest absolute Gasteiger partial charge is 0.325 e. The first kappa shape index (κ1) is 19.7. The van der Waals surface area contributed by atoms with Crippen molar-refractivity contribution in [3.8, 4) is 0 Å². The summed E-state index contributed by atoms with van der Waals surface area (Å²) in [4.78, 5) is 41.0. The van der Waals surface area contributed by atoms with Crippen LogP contribution in [0, 0.1) is 0 Å². The van der Waals surface area contributed by atoms with Gasteiger partial charge in [0.1, 0.15) is 12.1 Å². The van der Waals surface area contributed by atoms with Crippen LogP contribution in [0.3, 0.4) is 0 Å². The molecule has 1 fully saturated rings. The van der Waals surface area contributed by atoms with Crippen LogP contribution in [0.25, 0.3) is 0 Å². The van der Waals surface area contributed by atoms with Crippen molar-refractivity contribution in [2.45, 2.75) is 25.4 Å². The second kappa shape index (κ2) is 7.35. The minimum atomic E-state index is -1.31. The highest BCUT2D eigenvalue weighted by atomic mass is 35.5. The predicted molar refractivity (Wildman–Crippen MR) is 110 cm³/mol. The molecule has 2 aromatic rings. The molecule has 1 atom stereocenters. The number of amides is 4. The lowest BCUT2D eigenvalue weighted by Crippen LogP contribution is -2.45. The quantitative estimate of drug-likeness (QED) is 0.757. The molecule has 0 saturated carbocycles. The van der Waals surface area contributed by atoms with Gasteiger partial charge in [0.25, 0.3) is 5.91 Å². The summed E-state index contributed by atoms with van der Waals surface area (Å²) in [6.07, 6.45) is 0.753. The Morgan fingerprint density at radius 1 is 1.10 bits per heavy atom. The molecule has 4 amide bonds. The maximum Gasteiger partial charge on any atom is 0.325 e. The lowest BCUT2D eigenvalue weighted by molar-refractivity contribution is -0.139. The average molecular weight is 432 g/mol.